The molecule has 11 nitrogen and oxygen atoms in total. The molecule has 3 aromatic rings. The van der Waals surface area contributed by atoms with Crippen molar-refractivity contribution < 1.29 is 31.5 Å². The largest absolute Gasteiger partial charge is 0.490 e. The van der Waals surface area contributed by atoms with Crippen LogP contribution in [-0.2, 0) is 34.3 Å². The molecule has 0 aliphatic carbocycles. The fraction of sp³-hybridized carbons (Fsp3) is 0.455. The molecule has 15 heteroatoms. The molecule has 0 unspecified atom stereocenters. The van der Waals surface area contributed by atoms with Crippen molar-refractivity contribution in [1.29, 1.82) is 0 Å². The minimum Gasteiger partial charge on any atom is -0.475 e. The summed E-state index contributed by atoms with van der Waals surface area (Å²) >= 11 is 0. The molecule has 5 rings (SSSR count). The first-order valence-corrected chi connectivity index (χ1v) is 13.1. The van der Waals surface area contributed by atoms with E-state index >= 15 is 0 Å². The summed E-state index contributed by atoms with van der Waals surface area (Å²) in [7, 11) is -0.977. The van der Waals surface area contributed by atoms with Crippen LogP contribution in [0.1, 0.15) is 17.5 Å². The monoisotopic (exact) mass is 541 g/mol. The molecule has 200 valence electrons. The smallest absolute Gasteiger partial charge is 0.475 e. The number of likely N-dealkylation sites (N-methyl/N-ethyl adjacent to an activating group) is 1. The second-order valence-electron chi connectivity index (χ2n) is 8.81. The summed E-state index contributed by atoms with van der Waals surface area (Å²) < 4.78 is 59.1. The minimum atomic E-state index is -5.08. The van der Waals surface area contributed by atoms with E-state index in [4.69, 9.17) is 9.90 Å². The van der Waals surface area contributed by atoms with Crippen molar-refractivity contribution in [3.05, 3.63) is 41.7 Å². The molecule has 0 saturated carbocycles. The summed E-state index contributed by atoms with van der Waals surface area (Å²) in [5.41, 5.74) is 4.37. The van der Waals surface area contributed by atoms with Crippen LogP contribution in [-0.4, -0.2) is 87.1 Å². The van der Waals surface area contributed by atoms with Gasteiger partial charge in [-0.05, 0) is 43.1 Å². The number of carboxylic acids is 1. The predicted octanol–water partition coefficient (Wildman–Crippen LogP) is 2.23. The summed E-state index contributed by atoms with van der Waals surface area (Å²) in [5.74, 6) is -2.02. The molecule has 1 aromatic carbocycles. The van der Waals surface area contributed by atoms with Gasteiger partial charge in [-0.15, -0.1) is 0 Å². The lowest BCUT2D eigenvalue weighted by Gasteiger charge is -2.25. The van der Waals surface area contributed by atoms with Crippen molar-refractivity contribution in [2.45, 2.75) is 32.1 Å². The topological polar surface area (TPSA) is 134 Å². The summed E-state index contributed by atoms with van der Waals surface area (Å²) in [4.78, 5) is 20.3. The van der Waals surface area contributed by atoms with Crippen LogP contribution in [0.5, 0.6) is 0 Å². The fourth-order valence-corrected chi connectivity index (χ4v) is 5.66. The van der Waals surface area contributed by atoms with E-state index < -0.39 is 22.2 Å². The van der Waals surface area contributed by atoms with E-state index in [9.17, 15) is 21.6 Å². The van der Waals surface area contributed by atoms with Gasteiger partial charge in [0.25, 0.3) is 0 Å². The molecular formula is C22H26F3N7O4S. The molecule has 0 radical (unpaired) electrons. The summed E-state index contributed by atoms with van der Waals surface area (Å²) in [6.07, 6.45) is 0.134. The van der Waals surface area contributed by atoms with Gasteiger partial charge >= 0.3 is 12.1 Å². The Morgan fingerprint density at radius 2 is 1.92 bits per heavy atom. The molecule has 1 fully saturated rings. The number of carbonyl (C=O) groups is 1. The molecule has 2 aliphatic heterocycles. The van der Waals surface area contributed by atoms with Gasteiger partial charge in [0.15, 0.2) is 5.65 Å². The number of benzene rings is 1. The lowest BCUT2D eigenvalue weighted by molar-refractivity contribution is -0.192. The molecule has 2 N–H and O–H groups in total. The van der Waals surface area contributed by atoms with Gasteiger partial charge in [0.1, 0.15) is 0 Å². The van der Waals surface area contributed by atoms with Crippen LogP contribution in [0.4, 0.5) is 24.8 Å². The number of aromatic nitrogens is 4. The first-order valence-electron chi connectivity index (χ1n) is 11.5. The highest BCUT2D eigenvalue weighted by atomic mass is 32.2. The highest BCUT2D eigenvalue weighted by Gasteiger charge is 2.38. The summed E-state index contributed by atoms with van der Waals surface area (Å²) in [6, 6.07) is 6.39. The molecule has 1 saturated heterocycles. The quantitative estimate of drug-likeness (QED) is 0.499. The molecule has 4 heterocycles. The maximum atomic E-state index is 12.0. The molecule has 2 aromatic heterocycles. The Bertz CT molecular complexity index is 1390. The molecular weight excluding hydrogens is 515 g/mol. The number of anilines is 2. The Balaban J connectivity index is 0.000000405. The highest BCUT2D eigenvalue weighted by Crippen LogP contribution is 2.24. The Morgan fingerprint density at radius 3 is 2.59 bits per heavy atom. The van der Waals surface area contributed by atoms with E-state index in [1.807, 2.05) is 0 Å². The second kappa shape index (κ2) is 10.6. The van der Waals surface area contributed by atoms with E-state index in [2.05, 4.69) is 50.5 Å². The number of fused-ring (bicyclic) bond motifs is 2. The van der Waals surface area contributed by atoms with Crippen molar-refractivity contribution in [2.75, 3.05) is 37.8 Å². The molecule has 0 atom stereocenters. The van der Waals surface area contributed by atoms with Crippen LogP contribution < -0.4 is 5.32 Å². The summed E-state index contributed by atoms with van der Waals surface area (Å²) in [6.45, 7) is 3.48. The van der Waals surface area contributed by atoms with Gasteiger partial charge in [-0.2, -0.15) is 23.3 Å². The van der Waals surface area contributed by atoms with Gasteiger partial charge < -0.3 is 15.3 Å². The standard InChI is InChI=1S/C20H25N7O2S.C2HF3O2/c1-25-7-5-15-3-4-18(11-16(15)14-25)23-20-21-12-17-13-22-27(19(17)24-20)9-8-26-6-2-10-30(26,28)29;3-2(4,5)1(6)7/h3-4,11-13H,2,5-10,14H2,1H3,(H,21,23,24);(H,6,7). The number of rotatable bonds is 5. The van der Waals surface area contributed by atoms with Crippen molar-refractivity contribution in [2.24, 2.45) is 0 Å². The molecule has 0 spiro atoms. The third-order valence-corrected chi connectivity index (χ3v) is 8.01. The zero-order chi connectivity index (χ0) is 26.8. The first kappa shape index (κ1) is 26.8. The van der Waals surface area contributed by atoms with Crippen LogP contribution in [0.3, 0.4) is 0 Å². The number of aliphatic carboxylic acids is 1. The van der Waals surface area contributed by atoms with Gasteiger partial charge in [-0.3, -0.25) is 0 Å². The third-order valence-electron chi connectivity index (χ3n) is 6.05. The average Bonchev–Trinajstić information content (AvgIpc) is 3.38. The average molecular weight is 542 g/mol. The lowest BCUT2D eigenvalue weighted by atomic mass is 9.99. The van der Waals surface area contributed by atoms with Gasteiger partial charge in [0.05, 0.1) is 23.9 Å². The van der Waals surface area contributed by atoms with E-state index in [0.29, 0.717) is 37.7 Å². The maximum absolute atomic E-state index is 12.0. The number of nitrogens with one attached hydrogen (secondary N) is 1. The van der Waals surface area contributed by atoms with Crippen LogP contribution >= 0.6 is 0 Å². The van der Waals surface area contributed by atoms with Crippen LogP contribution in [0, 0.1) is 0 Å². The molecule has 0 bridgehead atoms. The van der Waals surface area contributed by atoms with E-state index in [0.717, 1.165) is 30.6 Å². The minimum absolute atomic E-state index is 0.236. The van der Waals surface area contributed by atoms with Crippen molar-refractivity contribution in [3.63, 3.8) is 0 Å². The zero-order valence-corrected chi connectivity index (χ0v) is 20.8. The number of carboxylic acid groups (broad SMARTS) is 1. The van der Waals surface area contributed by atoms with Gasteiger partial charge in [0, 0.05) is 38.1 Å². The highest BCUT2D eigenvalue weighted by molar-refractivity contribution is 7.89. The van der Waals surface area contributed by atoms with Crippen LogP contribution in [0.2, 0.25) is 0 Å². The van der Waals surface area contributed by atoms with Gasteiger partial charge in [-0.1, -0.05) is 6.07 Å². The second-order valence-corrected chi connectivity index (χ2v) is 10.9. The lowest BCUT2D eigenvalue weighted by Crippen LogP contribution is -2.29. The van der Waals surface area contributed by atoms with Gasteiger partial charge in [-0.25, -0.2) is 27.2 Å². The zero-order valence-electron chi connectivity index (χ0n) is 19.9. The van der Waals surface area contributed by atoms with Crippen LogP contribution in [0.15, 0.2) is 30.6 Å². The van der Waals surface area contributed by atoms with Crippen molar-refractivity contribution >= 4 is 38.7 Å². The fourth-order valence-electron chi connectivity index (χ4n) is 4.14. The third kappa shape index (κ3) is 6.53. The number of hydrogen-bond acceptors (Lipinski definition) is 8. The number of sulfonamides is 1. The van der Waals surface area contributed by atoms with Crippen LogP contribution in [0.25, 0.3) is 11.0 Å². The molecule has 37 heavy (non-hydrogen) atoms. The number of nitrogens with zero attached hydrogens (tertiary/aromatic N) is 6. The Morgan fingerprint density at radius 1 is 1.16 bits per heavy atom. The molecule has 2 aliphatic rings. The summed E-state index contributed by atoms with van der Waals surface area (Å²) in [5, 5.41) is 15.6. The maximum Gasteiger partial charge on any atom is 0.490 e. The van der Waals surface area contributed by atoms with Crippen molar-refractivity contribution in [3.8, 4) is 0 Å². The normalized spacial score (nSPS) is 17.7. The van der Waals surface area contributed by atoms with E-state index in [1.54, 1.807) is 17.1 Å². The van der Waals surface area contributed by atoms with E-state index in [-0.39, 0.29) is 5.75 Å². The Hall–Kier alpha value is -3.30. The van der Waals surface area contributed by atoms with Crippen molar-refractivity contribution in [1.82, 2.24) is 29.0 Å². The molecule has 0 amide bonds. The Kier molecular flexibility index (Phi) is 7.66. The first-order chi connectivity index (χ1) is 17.4. The predicted molar refractivity (Wildman–Crippen MR) is 129 cm³/mol. The number of hydrogen-bond donors (Lipinski definition) is 2. The van der Waals surface area contributed by atoms with E-state index in [1.165, 1.54) is 15.4 Å². The number of halogens is 3. The number of alkyl halides is 3. The Labute approximate surface area is 211 Å². The van der Waals surface area contributed by atoms with Gasteiger partial charge in [0.2, 0.25) is 16.0 Å². The SMILES string of the molecule is CN1CCc2ccc(Nc3ncc4cnn(CCN5CCCS5(=O)=O)c4n3)cc2C1.O=C(O)C(F)(F)F.